The number of nitro groups is 2. The van der Waals surface area contributed by atoms with Crippen LogP contribution in [0.4, 0.5) is 11.4 Å². The van der Waals surface area contributed by atoms with Gasteiger partial charge in [-0.3, -0.25) is 29.6 Å². The van der Waals surface area contributed by atoms with Gasteiger partial charge in [-0.25, -0.2) is 9.79 Å². The number of methoxy groups -OCH3 is 2. The Hall–Kier alpha value is -6.61. The van der Waals surface area contributed by atoms with Crippen LogP contribution in [0.1, 0.15) is 29.7 Å². The number of hydrogen-bond donors (Lipinski definition) is 0. The molecule has 1 aliphatic heterocycles. The fourth-order valence-electron chi connectivity index (χ4n) is 5.52. The summed E-state index contributed by atoms with van der Waals surface area (Å²) >= 11 is 1.13. The first-order valence-electron chi connectivity index (χ1n) is 15.3. The van der Waals surface area contributed by atoms with Crippen molar-refractivity contribution in [1.82, 2.24) is 4.57 Å². The van der Waals surface area contributed by atoms with Gasteiger partial charge in [0.2, 0.25) is 5.75 Å². The normalized spacial score (nSPS) is 13.9. The lowest BCUT2D eigenvalue weighted by Gasteiger charge is -2.26. The minimum absolute atomic E-state index is 0.0964. The van der Waals surface area contributed by atoms with Crippen LogP contribution in [-0.4, -0.2) is 41.2 Å². The van der Waals surface area contributed by atoms with E-state index in [0.717, 1.165) is 29.5 Å². The first kappa shape index (κ1) is 34.3. The number of nitro benzene ring substituents is 2. The van der Waals surface area contributed by atoms with Gasteiger partial charge >= 0.3 is 11.7 Å². The van der Waals surface area contributed by atoms with Crippen LogP contribution in [-0.2, 0) is 9.53 Å². The molecule has 15 heteroatoms. The van der Waals surface area contributed by atoms with E-state index in [9.17, 15) is 29.8 Å². The first-order chi connectivity index (χ1) is 24.6. The number of thiazole rings is 1. The maximum absolute atomic E-state index is 14.2. The summed E-state index contributed by atoms with van der Waals surface area (Å²) in [6, 6.07) is 23.1. The van der Waals surface area contributed by atoms with Gasteiger partial charge in [-0.05, 0) is 54.5 Å². The molecule has 1 aromatic heterocycles. The predicted octanol–water partition coefficient (Wildman–Crippen LogP) is 5.56. The highest BCUT2D eigenvalue weighted by molar-refractivity contribution is 7.07. The van der Waals surface area contributed by atoms with Gasteiger partial charge in [-0.1, -0.05) is 59.9 Å². The van der Waals surface area contributed by atoms with Crippen molar-refractivity contribution >= 4 is 40.5 Å². The van der Waals surface area contributed by atoms with E-state index in [2.05, 4.69) is 0 Å². The molecule has 0 saturated carbocycles. The number of carbonyl (C=O) groups is 1. The van der Waals surface area contributed by atoms with E-state index >= 15 is 0 Å². The Balaban J connectivity index is 1.48. The van der Waals surface area contributed by atoms with Crippen LogP contribution in [0.5, 0.6) is 23.0 Å². The SMILES string of the molecule is CCOC(=O)C1=C(c2ccccc2)N=c2s/c(=C\c3ccc(Oc4ccc([N+](=O)[O-])cc4[N+](=O)[O-])c(OC)c3)c(=O)n2[C@H]1c1ccc(OC)cc1. The average Bonchev–Trinajstić information content (AvgIpc) is 3.45. The summed E-state index contributed by atoms with van der Waals surface area (Å²) < 4.78 is 23.9. The molecule has 1 atom stereocenters. The Morgan fingerprint density at radius 1 is 0.902 bits per heavy atom. The molecule has 0 N–H and O–H groups in total. The summed E-state index contributed by atoms with van der Waals surface area (Å²) in [5, 5.41) is 22.8. The predicted molar refractivity (Wildman–Crippen MR) is 187 cm³/mol. The first-order valence-corrected chi connectivity index (χ1v) is 16.2. The van der Waals surface area contributed by atoms with Crippen molar-refractivity contribution in [2.75, 3.05) is 20.8 Å². The lowest BCUT2D eigenvalue weighted by atomic mass is 9.93. The zero-order valence-electron chi connectivity index (χ0n) is 27.3. The lowest BCUT2D eigenvalue weighted by Crippen LogP contribution is -2.40. The summed E-state index contributed by atoms with van der Waals surface area (Å²) in [5.74, 6) is 0.0370. The molecule has 0 amide bonds. The molecule has 1 aliphatic rings. The Labute approximate surface area is 293 Å². The lowest BCUT2D eigenvalue weighted by molar-refractivity contribution is -0.394. The van der Waals surface area contributed by atoms with E-state index in [4.69, 9.17) is 23.9 Å². The minimum Gasteiger partial charge on any atom is -0.497 e. The third kappa shape index (κ3) is 6.82. The number of non-ortho nitro benzene ring substituents is 1. The van der Waals surface area contributed by atoms with E-state index in [1.807, 2.05) is 30.3 Å². The molecule has 6 rings (SSSR count). The average molecular weight is 709 g/mol. The molecule has 0 bridgehead atoms. The van der Waals surface area contributed by atoms with Crippen molar-refractivity contribution in [3.8, 4) is 23.0 Å². The van der Waals surface area contributed by atoms with Gasteiger partial charge in [0, 0.05) is 11.6 Å². The molecule has 0 fully saturated rings. The van der Waals surface area contributed by atoms with Gasteiger partial charge in [0.15, 0.2) is 16.3 Å². The van der Waals surface area contributed by atoms with E-state index in [-0.39, 0.29) is 29.4 Å². The van der Waals surface area contributed by atoms with Crippen molar-refractivity contribution in [2.24, 2.45) is 4.99 Å². The smallest absolute Gasteiger partial charge is 0.338 e. The van der Waals surface area contributed by atoms with Gasteiger partial charge < -0.3 is 18.9 Å². The highest BCUT2D eigenvalue weighted by Gasteiger charge is 2.35. The van der Waals surface area contributed by atoms with Crippen LogP contribution >= 0.6 is 11.3 Å². The standard InChI is InChI=1S/C36H28N4O10S/c1-4-49-35(42)31-32(22-8-6-5-7-9-22)37-36-38(33(31)23-11-14-25(47-2)15-12-23)34(41)30(51-36)19-21-10-16-28(29(18-21)48-3)50-27-17-13-24(39(43)44)20-26(27)40(45)46/h5-20,33H,4H2,1-3H3/b30-19-/t33-/m0/s1. The number of aromatic nitrogens is 1. The summed E-state index contributed by atoms with van der Waals surface area (Å²) in [6.45, 7) is 1.82. The summed E-state index contributed by atoms with van der Waals surface area (Å²) in [5.41, 5.74) is 0.952. The minimum atomic E-state index is -0.883. The number of benzene rings is 4. The topological polar surface area (TPSA) is 175 Å². The number of hydrogen-bond acceptors (Lipinski definition) is 12. The zero-order chi connectivity index (χ0) is 36.2. The zero-order valence-corrected chi connectivity index (χ0v) is 28.1. The molecular weight excluding hydrogens is 680 g/mol. The second kappa shape index (κ2) is 14.5. The molecule has 14 nitrogen and oxygen atoms in total. The molecule has 0 aliphatic carbocycles. The quantitative estimate of drug-likeness (QED) is 0.0960. The third-order valence-corrected chi connectivity index (χ3v) is 8.84. The number of nitrogens with zero attached hydrogens (tertiary/aromatic N) is 4. The number of fused-ring (bicyclic) bond motifs is 1. The maximum atomic E-state index is 14.2. The molecule has 5 aromatic rings. The molecule has 4 aromatic carbocycles. The molecule has 2 heterocycles. The van der Waals surface area contributed by atoms with E-state index < -0.39 is 38.8 Å². The van der Waals surface area contributed by atoms with Gasteiger partial charge in [0.1, 0.15) is 5.75 Å². The van der Waals surface area contributed by atoms with Crippen LogP contribution in [0, 0.1) is 20.2 Å². The fourth-order valence-corrected chi connectivity index (χ4v) is 6.52. The highest BCUT2D eigenvalue weighted by Crippen LogP contribution is 2.39. The van der Waals surface area contributed by atoms with Crippen molar-refractivity contribution in [1.29, 1.82) is 0 Å². The Morgan fingerprint density at radius 2 is 1.63 bits per heavy atom. The molecular formula is C36H28N4O10S. The van der Waals surface area contributed by atoms with E-state index in [0.29, 0.717) is 37.5 Å². The van der Waals surface area contributed by atoms with Crippen LogP contribution in [0.25, 0.3) is 11.8 Å². The van der Waals surface area contributed by atoms with Gasteiger partial charge in [-0.15, -0.1) is 0 Å². The molecule has 0 unspecified atom stereocenters. The van der Waals surface area contributed by atoms with Gasteiger partial charge in [0.05, 0.1) is 58.6 Å². The third-order valence-electron chi connectivity index (χ3n) is 7.86. The molecule has 0 radical (unpaired) electrons. The van der Waals surface area contributed by atoms with Crippen molar-refractivity contribution in [3.05, 3.63) is 153 Å². The van der Waals surface area contributed by atoms with Crippen LogP contribution in [0.15, 0.2) is 106 Å². The largest absolute Gasteiger partial charge is 0.497 e. The monoisotopic (exact) mass is 708 g/mol. The second-order valence-corrected chi connectivity index (χ2v) is 11.9. The van der Waals surface area contributed by atoms with E-state index in [1.165, 1.54) is 17.7 Å². The van der Waals surface area contributed by atoms with Crippen molar-refractivity contribution in [3.63, 3.8) is 0 Å². The number of carbonyl (C=O) groups excluding carboxylic acids is 1. The number of ether oxygens (including phenoxy) is 4. The van der Waals surface area contributed by atoms with Gasteiger partial charge in [0.25, 0.3) is 11.2 Å². The molecule has 51 heavy (non-hydrogen) atoms. The van der Waals surface area contributed by atoms with E-state index in [1.54, 1.807) is 56.5 Å². The molecule has 258 valence electrons. The number of esters is 1. The Morgan fingerprint density at radius 3 is 2.27 bits per heavy atom. The summed E-state index contributed by atoms with van der Waals surface area (Å²) in [6.07, 6.45) is 1.63. The van der Waals surface area contributed by atoms with Crippen molar-refractivity contribution in [2.45, 2.75) is 13.0 Å². The summed E-state index contributed by atoms with van der Waals surface area (Å²) in [4.78, 5) is 54.4. The fraction of sp³-hybridized carbons (Fsp3) is 0.139. The molecule has 0 saturated heterocycles. The maximum Gasteiger partial charge on any atom is 0.338 e. The Kier molecular flexibility index (Phi) is 9.72. The highest BCUT2D eigenvalue weighted by atomic mass is 32.1. The van der Waals surface area contributed by atoms with Crippen LogP contribution in [0.3, 0.4) is 0 Å². The Bertz CT molecular complexity index is 2390. The van der Waals surface area contributed by atoms with Crippen LogP contribution < -0.4 is 29.1 Å². The number of rotatable bonds is 11. The van der Waals surface area contributed by atoms with Gasteiger partial charge in [-0.2, -0.15) is 0 Å². The van der Waals surface area contributed by atoms with Crippen LogP contribution in [0.2, 0.25) is 0 Å². The summed E-state index contributed by atoms with van der Waals surface area (Å²) in [7, 11) is 2.92. The molecule has 0 spiro atoms. The van der Waals surface area contributed by atoms with Crippen molar-refractivity contribution < 1.29 is 33.6 Å². The second-order valence-electron chi connectivity index (χ2n) is 10.9.